The third-order valence-electron chi connectivity index (χ3n) is 2.44. The van der Waals surface area contributed by atoms with Gasteiger partial charge < -0.3 is 15.4 Å². The van der Waals surface area contributed by atoms with E-state index >= 15 is 0 Å². The van der Waals surface area contributed by atoms with E-state index < -0.39 is 0 Å². The maximum absolute atomic E-state index is 5.08. The van der Waals surface area contributed by atoms with Crippen molar-refractivity contribution in [1.29, 1.82) is 0 Å². The number of nitrogens with one attached hydrogen (secondary N) is 2. The van der Waals surface area contributed by atoms with Crippen LogP contribution in [0.25, 0.3) is 0 Å². The van der Waals surface area contributed by atoms with E-state index in [0.717, 1.165) is 23.2 Å². The van der Waals surface area contributed by atoms with Gasteiger partial charge in [0.05, 0.1) is 23.9 Å². The van der Waals surface area contributed by atoms with Gasteiger partial charge in [-0.1, -0.05) is 0 Å². The highest BCUT2D eigenvalue weighted by Gasteiger charge is 2.07. The van der Waals surface area contributed by atoms with E-state index in [1.807, 2.05) is 13.8 Å². The second-order valence-electron chi connectivity index (χ2n) is 4.17. The van der Waals surface area contributed by atoms with Crippen molar-refractivity contribution in [2.75, 3.05) is 20.8 Å². The summed E-state index contributed by atoms with van der Waals surface area (Å²) < 4.78 is 5.08. The smallest absolute Gasteiger partial charge is 0.191 e. The molecule has 0 aliphatic rings. The van der Waals surface area contributed by atoms with E-state index in [2.05, 4.69) is 27.5 Å². The summed E-state index contributed by atoms with van der Waals surface area (Å²) in [6.45, 7) is 7.51. The Labute approximate surface area is 113 Å². The molecule has 1 aromatic rings. The van der Waals surface area contributed by atoms with Crippen molar-refractivity contribution < 1.29 is 4.74 Å². The fourth-order valence-electron chi connectivity index (χ4n) is 1.62. The fourth-order valence-corrected chi connectivity index (χ4v) is 2.50. The van der Waals surface area contributed by atoms with Crippen molar-refractivity contribution in [3.05, 3.63) is 15.6 Å². The van der Waals surface area contributed by atoms with Gasteiger partial charge >= 0.3 is 0 Å². The number of methoxy groups -OCH3 is 1. The molecule has 0 bridgehead atoms. The van der Waals surface area contributed by atoms with Gasteiger partial charge in [-0.25, -0.2) is 4.98 Å². The highest BCUT2D eigenvalue weighted by molar-refractivity contribution is 7.11. The van der Waals surface area contributed by atoms with E-state index in [1.54, 1.807) is 25.5 Å². The lowest BCUT2D eigenvalue weighted by atomic mass is 10.3. The summed E-state index contributed by atoms with van der Waals surface area (Å²) in [4.78, 5) is 9.83. The van der Waals surface area contributed by atoms with E-state index in [-0.39, 0.29) is 6.04 Å². The molecule has 18 heavy (non-hydrogen) atoms. The molecular formula is C12H22N4OS. The minimum Gasteiger partial charge on any atom is -0.383 e. The summed E-state index contributed by atoms with van der Waals surface area (Å²) >= 11 is 1.71. The standard InChI is InChI=1S/C12H22N4OS/c1-8(7-17-5)15-12(13-4)14-6-11-9(2)16-10(3)18-11/h8H,6-7H2,1-5H3,(H2,13,14,15). The molecular weight excluding hydrogens is 248 g/mol. The fraction of sp³-hybridized carbons (Fsp3) is 0.667. The highest BCUT2D eigenvalue weighted by Crippen LogP contribution is 2.16. The van der Waals surface area contributed by atoms with Crippen molar-refractivity contribution in [2.24, 2.45) is 4.99 Å². The molecule has 0 amide bonds. The normalized spacial score (nSPS) is 13.5. The van der Waals surface area contributed by atoms with Gasteiger partial charge in [0.1, 0.15) is 0 Å². The molecule has 0 aromatic carbocycles. The molecule has 0 radical (unpaired) electrons. The van der Waals surface area contributed by atoms with E-state index in [0.29, 0.717) is 6.61 Å². The largest absolute Gasteiger partial charge is 0.383 e. The summed E-state index contributed by atoms with van der Waals surface area (Å²) in [6, 6.07) is 0.227. The monoisotopic (exact) mass is 270 g/mol. The topological polar surface area (TPSA) is 58.5 Å². The Kier molecular flexibility index (Phi) is 6.07. The second kappa shape index (κ2) is 7.33. The van der Waals surface area contributed by atoms with E-state index in [4.69, 9.17) is 4.74 Å². The summed E-state index contributed by atoms with van der Waals surface area (Å²) in [7, 11) is 3.46. The van der Waals surface area contributed by atoms with Crippen LogP contribution in [0.15, 0.2) is 4.99 Å². The summed E-state index contributed by atoms with van der Waals surface area (Å²) in [6.07, 6.45) is 0. The van der Waals surface area contributed by atoms with Crippen molar-refractivity contribution in [3.8, 4) is 0 Å². The Morgan fingerprint density at radius 2 is 2.22 bits per heavy atom. The Balaban J connectivity index is 2.47. The average Bonchev–Trinajstić information content (AvgIpc) is 2.63. The van der Waals surface area contributed by atoms with Gasteiger partial charge in [-0.3, -0.25) is 4.99 Å². The molecule has 1 heterocycles. The molecule has 0 fully saturated rings. The number of hydrogen-bond donors (Lipinski definition) is 2. The van der Waals surface area contributed by atoms with Crippen LogP contribution >= 0.6 is 11.3 Å². The van der Waals surface area contributed by atoms with Gasteiger partial charge in [0.15, 0.2) is 5.96 Å². The first-order valence-electron chi connectivity index (χ1n) is 5.95. The van der Waals surface area contributed by atoms with Gasteiger partial charge in [-0.05, 0) is 20.8 Å². The molecule has 0 aliphatic carbocycles. The zero-order valence-electron chi connectivity index (χ0n) is 11.7. The van der Waals surface area contributed by atoms with Crippen molar-refractivity contribution >= 4 is 17.3 Å². The van der Waals surface area contributed by atoms with E-state index in [9.17, 15) is 0 Å². The molecule has 1 atom stereocenters. The number of nitrogens with zero attached hydrogens (tertiary/aromatic N) is 2. The summed E-state index contributed by atoms with van der Waals surface area (Å²) in [5, 5.41) is 7.64. The molecule has 6 heteroatoms. The Hall–Kier alpha value is -1.14. The maximum atomic E-state index is 5.08. The Morgan fingerprint density at radius 3 is 2.72 bits per heavy atom. The number of ether oxygens (including phenoxy) is 1. The lowest BCUT2D eigenvalue weighted by Crippen LogP contribution is -2.43. The highest BCUT2D eigenvalue weighted by atomic mass is 32.1. The molecule has 1 rings (SSSR count). The van der Waals surface area contributed by atoms with Gasteiger partial charge in [0, 0.05) is 25.1 Å². The van der Waals surface area contributed by atoms with Crippen molar-refractivity contribution in [1.82, 2.24) is 15.6 Å². The van der Waals surface area contributed by atoms with Crippen LogP contribution in [-0.2, 0) is 11.3 Å². The molecule has 1 aromatic heterocycles. The van der Waals surface area contributed by atoms with Crippen LogP contribution in [0.3, 0.4) is 0 Å². The van der Waals surface area contributed by atoms with Crippen LogP contribution in [0.2, 0.25) is 0 Å². The first kappa shape index (κ1) is 14.9. The third kappa shape index (κ3) is 4.62. The lowest BCUT2D eigenvalue weighted by Gasteiger charge is -2.16. The van der Waals surface area contributed by atoms with Gasteiger partial charge in [0.2, 0.25) is 0 Å². The molecule has 2 N–H and O–H groups in total. The van der Waals surface area contributed by atoms with Crippen LogP contribution in [0.4, 0.5) is 0 Å². The SMILES string of the molecule is CN=C(NCc1sc(C)nc1C)NC(C)COC. The zero-order valence-corrected chi connectivity index (χ0v) is 12.5. The molecule has 1 unspecified atom stereocenters. The minimum atomic E-state index is 0.227. The number of hydrogen-bond acceptors (Lipinski definition) is 4. The lowest BCUT2D eigenvalue weighted by molar-refractivity contribution is 0.179. The number of aliphatic imine (C=N–C) groups is 1. The van der Waals surface area contributed by atoms with Crippen molar-refractivity contribution in [3.63, 3.8) is 0 Å². The predicted molar refractivity (Wildman–Crippen MR) is 76.3 cm³/mol. The van der Waals surface area contributed by atoms with Gasteiger partial charge in [0.25, 0.3) is 0 Å². The second-order valence-corrected chi connectivity index (χ2v) is 5.46. The van der Waals surface area contributed by atoms with E-state index in [1.165, 1.54) is 4.88 Å². The average molecular weight is 270 g/mol. The zero-order chi connectivity index (χ0) is 13.5. The Morgan fingerprint density at radius 1 is 1.50 bits per heavy atom. The number of aromatic nitrogens is 1. The van der Waals surface area contributed by atoms with Crippen LogP contribution in [0.1, 0.15) is 22.5 Å². The van der Waals surface area contributed by atoms with Crippen LogP contribution in [0, 0.1) is 13.8 Å². The summed E-state index contributed by atoms with van der Waals surface area (Å²) in [5.41, 5.74) is 1.09. The summed E-state index contributed by atoms with van der Waals surface area (Å²) in [5.74, 6) is 0.782. The van der Waals surface area contributed by atoms with Crippen molar-refractivity contribution in [2.45, 2.75) is 33.4 Å². The van der Waals surface area contributed by atoms with Gasteiger partial charge in [-0.2, -0.15) is 0 Å². The van der Waals surface area contributed by atoms with Crippen LogP contribution in [0.5, 0.6) is 0 Å². The molecule has 0 saturated heterocycles. The molecule has 102 valence electrons. The van der Waals surface area contributed by atoms with Crippen LogP contribution < -0.4 is 10.6 Å². The molecule has 0 saturated carbocycles. The minimum absolute atomic E-state index is 0.227. The van der Waals surface area contributed by atoms with Gasteiger partial charge in [-0.15, -0.1) is 11.3 Å². The molecule has 0 aliphatic heterocycles. The number of aryl methyl sites for hydroxylation is 2. The first-order chi connectivity index (χ1) is 8.56. The number of rotatable bonds is 5. The number of thiazole rings is 1. The third-order valence-corrected chi connectivity index (χ3v) is 3.51. The van der Waals surface area contributed by atoms with Crippen LogP contribution in [-0.4, -0.2) is 37.7 Å². The maximum Gasteiger partial charge on any atom is 0.191 e. The first-order valence-corrected chi connectivity index (χ1v) is 6.77. The quantitative estimate of drug-likeness (QED) is 0.628. The predicted octanol–water partition coefficient (Wildman–Crippen LogP) is 1.46. The Bertz CT molecular complexity index is 403. The molecule has 5 nitrogen and oxygen atoms in total. The molecule has 0 spiro atoms. The number of guanidine groups is 1.